The summed E-state index contributed by atoms with van der Waals surface area (Å²) in [7, 11) is 1.55. The lowest BCUT2D eigenvalue weighted by Gasteiger charge is -2.06. The Labute approximate surface area is 99.4 Å². The van der Waals surface area contributed by atoms with Gasteiger partial charge in [-0.15, -0.1) is 12.4 Å². The van der Waals surface area contributed by atoms with Gasteiger partial charge in [-0.3, -0.25) is 5.41 Å². The number of nitrogens with two attached hydrogens (primary N) is 1. The molecule has 0 atom stereocenters. The third-order valence-electron chi connectivity index (χ3n) is 2.17. The number of hydrogen-bond donors (Lipinski definition) is 2. The van der Waals surface area contributed by atoms with Gasteiger partial charge in [0.05, 0.1) is 7.11 Å². The monoisotopic (exact) mass is 237 g/mol. The van der Waals surface area contributed by atoms with Crippen LogP contribution >= 0.6 is 12.4 Å². The normalized spacial score (nSPS) is 9.56. The van der Waals surface area contributed by atoms with Gasteiger partial charge in [0.1, 0.15) is 11.5 Å². The van der Waals surface area contributed by atoms with Crippen LogP contribution in [0.3, 0.4) is 0 Å². The summed E-state index contributed by atoms with van der Waals surface area (Å²) in [6.07, 6.45) is 0. The van der Waals surface area contributed by atoms with Crippen molar-refractivity contribution >= 4 is 29.0 Å². The van der Waals surface area contributed by atoms with Gasteiger partial charge in [0, 0.05) is 5.39 Å². The first-order chi connectivity index (χ1) is 7.22. The van der Waals surface area contributed by atoms with Crippen molar-refractivity contribution in [2.75, 3.05) is 7.11 Å². The zero-order chi connectivity index (χ0) is 10.8. The van der Waals surface area contributed by atoms with E-state index in [0.717, 1.165) is 10.8 Å². The maximum Gasteiger partial charge on any atom is 0.221 e. The molecule has 0 aliphatic rings. The van der Waals surface area contributed by atoms with Crippen LogP contribution < -0.4 is 10.5 Å². The third-order valence-corrected chi connectivity index (χ3v) is 2.17. The zero-order valence-electron chi connectivity index (χ0n) is 8.73. The molecule has 0 saturated carbocycles. The topological polar surface area (TPSA) is 72.0 Å². The molecule has 0 aliphatic heterocycles. The molecule has 1 aromatic carbocycles. The van der Waals surface area contributed by atoms with Crippen LogP contribution in [0.25, 0.3) is 10.8 Å². The molecule has 0 amide bonds. The van der Waals surface area contributed by atoms with E-state index >= 15 is 0 Å². The number of aromatic nitrogens is 1. The lowest BCUT2D eigenvalue weighted by molar-refractivity contribution is 0.403. The van der Waals surface area contributed by atoms with Crippen LogP contribution in [0, 0.1) is 5.41 Å². The van der Waals surface area contributed by atoms with Crippen molar-refractivity contribution in [1.29, 1.82) is 5.41 Å². The minimum Gasteiger partial charge on any atom is -0.481 e. The number of nitrogens with one attached hydrogen (secondary N) is 1. The maximum atomic E-state index is 7.34. The van der Waals surface area contributed by atoms with E-state index in [1.807, 2.05) is 24.3 Å². The van der Waals surface area contributed by atoms with Gasteiger partial charge in [-0.1, -0.05) is 18.2 Å². The molecular formula is C11H12ClN3O. The van der Waals surface area contributed by atoms with Gasteiger partial charge >= 0.3 is 0 Å². The second-order valence-corrected chi connectivity index (χ2v) is 3.15. The van der Waals surface area contributed by atoms with Gasteiger partial charge in [0.15, 0.2) is 0 Å². The van der Waals surface area contributed by atoms with Gasteiger partial charge < -0.3 is 10.5 Å². The van der Waals surface area contributed by atoms with E-state index in [2.05, 4.69) is 4.98 Å². The van der Waals surface area contributed by atoms with E-state index in [4.69, 9.17) is 15.9 Å². The molecule has 1 heterocycles. The first-order valence-corrected chi connectivity index (χ1v) is 4.50. The quantitative estimate of drug-likeness (QED) is 0.619. The Kier molecular flexibility index (Phi) is 3.68. The van der Waals surface area contributed by atoms with E-state index in [1.165, 1.54) is 0 Å². The molecule has 0 radical (unpaired) electrons. The summed E-state index contributed by atoms with van der Waals surface area (Å²) in [5.74, 6) is 0.442. The number of benzene rings is 1. The number of hydrogen-bond acceptors (Lipinski definition) is 3. The SMILES string of the molecule is COc1nc(C(=N)N)cc2ccccc12.Cl. The Morgan fingerprint density at radius 2 is 2.06 bits per heavy atom. The lowest BCUT2D eigenvalue weighted by atomic mass is 10.1. The summed E-state index contributed by atoms with van der Waals surface area (Å²) in [6, 6.07) is 9.48. The summed E-state index contributed by atoms with van der Waals surface area (Å²) < 4.78 is 5.15. The molecule has 1 aromatic heterocycles. The van der Waals surface area contributed by atoms with Crippen molar-refractivity contribution in [2.24, 2.45) is 5.73 Å². The van der Waals surface area contributed by atoms with Crippen LogP contribution in [0.5, 0.6) is 5.88 Å². The van der Waals surface area contributed by atoms with E-state index in [9.17, 15) is 0 Å². The molecule has 84 valence electrons. The number of ether oxygens (including phenoxy) is 1. The second-order valence-electron chi connectivity index (χ2n) is 3.15. The van der Waals surface area contributed by atoms with Crippen molar-refractivity contribution in [3.05, 3.63) is 36.0 Å². The van der Waals surface area contributed by atoms with Crippen LogP contribution in [0.2, 0.25) is 0 Å². The molecule has 0 spiro atoms. The summed E-state index contributed by atoms with van der Waals surface area (Å²) in [5.41, 5.74) is 5.83. The van der Waals surface area contributed by atoms with Crippen molar-refractivity contribution < 1.29 is 4.74 Å². The zero-order valence-corrected chi connectivity index (χ0v) is 9.54. The first-order valence-electron chi connectivity index (χ1n) is 4.50. The van der Waals surface area contributed by atoms with E-state index in [-0.39, 0.29) is 18.2 Å². The van der Waals surface area contributed by atoms with Crippen molar-refractivity contribution in [3.8, 4) is 5.88 Å². The van der Waals surface area contributed by atoms with Gasteiger partial charge in [0.25, 0.3) is 0 Å². The predicted molar refractivity (Wildman–Crippen MR) is 66.6 cm³/mol. The second kappa shape index (κ2) is 4.81. The van der Waals surface area contributed by atoms with Gasteiger partial charge in [-0.25, -0.2) is 4.98 Å². The summed E-state index contributed by atoms with van der Waals surface area (Å²) >= 11 is 0. The minimum atomic E-state index is -0.0564. The highest BCUT2D eigenvalue weighted by Crippen LogP contribution is 2.23. The highest BCUT2D eigenvalue weighted by molar-refractivity contribution is 5.98. The Morgan fingerprint density at radius 1 is 1.38 bits per heavy atom. The van der Waals surface area contributed by atoms with E-state index in [1.54, 1.807) is 13.2 Å². The van der Waals surface area contributed by atoms with Crippen molar-refractivity contribution in [3.63, 3.8) is 0 Å². The molecule has 5 heteroatoms. The smallest absolute Gasteiger partial charge is 0.221 e. The fourth-order valence-electron chi connectivity index (χ4n) is 1.46. The fourth-order valence-corrected chi connectivity index (χ4v) is 1.46. The Bertz CT molecular complexity index is 528. The first kappa shape index (κ1) is 12.3. The summed E-state index contributed by atoms with van der Waals surface area (Å²) in [5, 5.41) is 9.23. The van der Waals surface area contributed by atoms with Gasteiger partial charge in [-0.05, 0) is 17.5 Å². The number of methoxy groups -OCH3 is 1. The highest BCUT2D eigenvalue weighted by atomic mass is 35.5. The molecule has 2 aromatic rings. The van der Waals surface area contributed by atoms with Gasteiger partial charge in [0.2, 0.25) is 5.88 Å². The molecule has 4 nitrogen and oxygen atoms in total. The molecule has 0 unspecified atom stereocenters. The van der Waals surface area contributed by atoms with E-state index < -0.39 is 0 Å². The predicted octanol–water partition coefficient (Wildman–Crippen LogP) is 1.95. The van der Waals surface area contributed by atoms with Gasteiger partial charge in [-0.2, -0.15) is 0 Å². The number of pyridine rings is 1. The molecular weight excluding hydrogens is 226 g/mol. The van der Waals surface area contributed by atoms with Crippen molar-refractivity contribution in [1.82, 2.24) is 4.98 Å². The minimum absolute atomic E-state index is 0. The highest BCUT2D eigenvalue weighted by Gasteiger charge is 2.06. The van der Waals surface area contributed by atoms with Crippen LogP contribution in [0.1, 0.15) is 5.69 Å². The van der Waals surface area contributed by atoms with Crippen LogP contribution in [-0.4, -0.2) is 17.9 Å². The fraction of sp³-hybridized carbons (Fsp3) is 0.0909. The van der Waals surface area contributed by atoms with E-state index in [0.29, 0.717) is 11.6 Å². The largest absolute Gasteiger partial charge is 0.481 e. The molecule has 0 bridgehead atoms. The number of rotatable bonds is 2. The Hall–Kier alpha value is -1.81. The molecule has 0 fully saturated rings. The van der Waals surface area contributed by atoms with Crippen LogP contribution in [-0.2, 0) is 0 Å². The number of halogens is 1. The standard InChI is InChI=1S/C11H11N3O.ClH/c1-15-11-8-5-3-2-4-7(8)6-9(14-11)10(12)13;/h2-6H,1H3,(H3,12,13);1H. The molecule has 16 heavy (non-hydrogen) atoms. The Morgan fingerprint density at radius 3 is 2.69 bits per heavy atom. The molecule has 0 saturated heterocycles. The summed E-state index contributed by atoms with van der Waals surface area (Å²) in [6.45, 7) is 0. The number of nitrogen functional groups attached to an aromatic ring is 1. The molecule has 3 N–H and O–H groups in total. The average molecular weight is 238 g/mol. The van der Waals surface area contributed by atoms with Crippen LogP contribution in [0.15, 0.2) is 30.3 Å². The van der Waals surface area contributed by atoms with Crippen LogP contribution in [0.4, 0.5) is 0 Å². The average Bonchev–Trinajstić information content (AvgIpc) is 2.27. The lowest BCUT2D eigenvalue weighted by Crippen LogP contribution is -2.13. The number of nitrogens with zero attached hydrogens (tertiary/aromatic N) is 1. The maximum absolute atomic E-state index is 7.34. The molecule has 2 rings (SSSR count). The number of fused-ring (bicyclic) bond motifs is 1. The summed E-state index contributed by atoms with van der Waals surface area (Å²) in [4.78, 5) is 4.15. The number of amidine groups is 1. The third kappa shape index (κ3) is 2.06. The van der Waals surface area contributed by atoms with Crippen molar-refractivity contribution in [2.45, 2.75) is 0 Å². The Balaban J connectivity index is 0.00000128. The molecule has 0 aliphatic carbocycles.